The third-order valence-corrected chi connectivity index (χ3v) is 3.13. The van der Waals surface area contributed by atoms with Crippen LogP contribution in [0.5, 0.6) is 5.75 Å². The van der Waals surface area contributed by atoms with Crippen molar-refractivity contribution < 1.29 is 4.74 Å². The maximum atomic E-state index is 5.66. The zero-order valence-corrected chi connectivity index (χ0v) is 10.8. The average Bonchev–Trinajstić information content (AvgIpc) is 2.77. The van der Waals surface area contributed by atoms with Gasteiger partial charge in [0.1, 0.15) is 5.75 Å². The summed E-state index contributed by atoms with van der Waals surface area (Å²) in [5, 5.41) is 0. The number of rotatable bonds is 6. The lowest BCUT2D eigenvalue weighted by Crippen LogP contribution is -2.06. The number of benzene rings is 1. The number of nitrogens with zero attached hydrogens (tertiary/aromatic N) is 1. The third kappa shape index (κ3) is 3.14. The second-order valence-electron chi connectivity index (χ2n) is 4.34. The van der Waals surface area contributed by atoms with Crippen LogP contribution in [0.25, 0.3) is 0 Å². The second-order valence-corrected chi connectivity index (χ2v) is 4.34. The topological polar surface area (TPSA) is 40.2 Å². The van der Waals surface area contributed by atoms with Crippen molar-refractivity contribution in [2.75, 3.05) is 6.61 Å². The average molecular weight is 244 g/mol. The lowest BCUT2D eigenvalue weighted by Gasteiger charge is -2.08. The molecule has 96 valence electrons. The molecule has 3 heteroatoms. The Morgan fingerprint density at radius 1 is 1.17 bits per heavy atom. The summed E-state index contributed by atoms with van der Waals surface area (Å²) >= 11 is 0. The van der Waals surface area contributed by atoms with E-state index in [1.54, 1.807) is 0 Å². The highest BCUT2D eigenvalue weighted by Crippen LogP contribution is 2.11. The number of nitrogens with two attached hydrogens (primary N) is 1. The maximum Gasteiger partial charge on any atom is 0.119 e. The van der Waals surface area contributed by atoms with Crippen molar-refractivity contribution in [2.45, 2.75) is 26.4 Å². The van der Waals surface area contributed by atoms with E-state index in [0.29, 0.717) is 6.54 Å². The van der Waals surface area contributed by atoms with E-state index in [1.807, 2.05) is 30.3 Å². The summed E-state index contributed by atoms with van der Waals surface area (Å²) in [6, 6.07) is 12.0. The lowest BCUT2D eigenvalue weighted by molar-refractivity contribution is 0.301. The molecule has 0 radical (unpaired) electrons. The number of hydrogen-bond acceptors (Lipinski definition) is 2. The molecule has 2 rings (SSSR count). The molecule has 0 amide bonds. The molecule has 0 unspecified atom stereocenters. The SMILES string of the molecule is Cc1c(CN)ccn1CCCOc1ccccc1. The third-order valence-electron chi connectivity index (χ3n) is 3.13. The molecule has 0 aliphatic heterocycles. The Bertz CT molecular complexity index is 476. The fourth-order valence-electron chi connectivity index (χ4n) is 2.00. The van der Waals surface area contributed by atoms with Gasteiger partial charge in [0.2, 0.25) is 0 Å². The van der Waals surface area contributed by atoms with Gasteiger partial charge >= 0.3 is 0 Å². The monoisotopic (exact) mass is 244 g/mol. The molecule has 3 nitrogen and oxygen atoms in total. The van der Waals surface area contributed by atoms with Gasteiger partial charge in [-0.15, -0.1) is 0 Å². The van der Waals surface area contributed by atoms with Crippen LogP contribution in [0.4, 0.5) is 0 Å². The summed E-state index contributed by atoms with van der Waals surface area (Å²) in [6.07, 6.45) is 3.09. The van der Waals surface area contributed by atoms with Gasteiger partial charge in [-0.1, -0.05) is 18.2 Å². The normalized spacial score (nSPS) is 10.6. The molecule has 0 saturated carbocycles. The van der Waals surface area contributed by atoms with Crippen LogP contribution in [0.1, 0.15) is 17.7 Å². The van der Waals surface area contributed by atoms with Crippen LogP contribution in [0.3, 0.4) is 0 Å². The van der Waals surface area contributed by atoms with Gasteiger partial charge in [0.05, 0.1) is 6.61 Å². The highest BCUT2D eigenvalue weighted by molar-refractivity contribution is 5.21. The first-order chi connectivity index (χ1) is 8.81. The van der Waals surface area contributed by atoms with Crippen molar-refractivity contribution in [1.82, 2.24) is 4.57 Å². The van der Waals surface area contributed by atoms with Gasteiger partial charge < -0.3 is 15.0 Å². The molecule has 0 bridgehead atoms. The van der Waals surface area contributed by atoms with Crippen molar-refractivity contribution in [3.8, 4) is 5.75 Å². The zero-order chi connectivity index (χ0) is 12.8. The Labute approximate surface area is 108 Å². The Morgan fingerprint density at radius 3 is 2.61 bits per heavy atom. The molecule has 0 fully saturated rings. The summed E-state index contributed by atoms with van der Waals surface area (Å²) in [5.74, 6) is 0.935. The van der Waals surface area contributed by atoms with Crippen molar-refractivity contribution in [3.05, 3.63) is 53.9 Å². The van der Waals surface area contributed by atoms with Crippen molar-refractivity contribution >= 4 is 0 Å². The molecular formula is C15H20N2O. The molecule has 0 saturated heterocycles. The Kier molecular flexibility index (Phi) is 4.42. The van der Waals surface area contributed by atoms with Crippen LogP contribution in [-0.4, -0.2) is 11.2 Å². The van der Waals surface area contributed by atoms with E-state index in [1.165, 1.54) is 11.3 Å². The van der Waals surface area contributed by atoms with Gasteiger partial charge in [0.25, 0.3) is 0 Å². The van der Waals surface area contributed by atoms with E-state index in [9.17, 15) is 0 Å². The van der Waals surface area contributed by atoms with E-state index in [4.69, 9.17) is 10.5 Å². The van der Waals surface area contributed by atoms with Gasteiger partial charge in [0.15, 0.2) is 0 Å². The molecule has 0 atom stereocenters. The fraction of sp³-hybridized carbons (Fsp3) is 0.333. The number of aryl methyl sites for hydroxylation is 1. The first kappa shape index (κ1) is 12.7. The number of aromatic nitrogens is 1. The molecule has 1 aromatic carbocycles. The van der Waals surface area contributed by atoms with Crippen LogP contribution >= 0.6 is 0 Å². The molecule has 0 aliphatic carbocycles. The number of para-hydroxylation sites is 1. The van der Waals surface area contributed by atoms with Crippen molar-refractivity contribution in [3.63, 3.8) is 0 Å². The summed E-state index contributed by atoms with van der Waals surface area (Å²) in [6.45, 7) is 4.43. The largest absolute Gasteiger partial charge is 0.494 e. The zero-order valence-electron chi connectivity index (χ0n) is 10.8. The molecule has 1 heterocycles. The predicted octanol–water partition coefficient (Wildman–Crippen LogP) is 2.72. The molecule has 0 spiro atoms. The highest BCUT2D eigenvalue weighted by Gasteiger charge is 2.02. The molecule has 1 aromatic heterocycles. The summed E-state index contributed by atoms with van der Waals surface area (Å²) in [5.41, 5.74) is 8.14. The van der Waals surface area contributed by atoms with E-state index < -0.39 is 0 Å². The summed E-state index contributed by atoms with van der Waals surface area (Å²) in [7, 11) is 0. The van der Waals surface area contributed by atoms with E-state index >= 15 is 0 Å². The smallest absolute Gasteiger partial charge is 0.119 e. The van der Waals surface area contributed by atoms with E-state index in [2.05, 4.69) is 23.8 Å². The quantitative estimate of drug-likeness (QED) is 0.794. The number of hydrogen-bond donors (Lipinski definition) is 1. The molecule has 0 aliphatic rings. The van der Waals surface area contributed by atoms with Crippen LogP contribution < -0.4 is 10.5 Å². The van der Waals surface area contributed by atoms with Crippen molar-refractivity contribution in [1.29, 1.82) is 0 Å². The Morgan fingerprint density at radius 2 is 1.94 bits per heavy atom. The van der Waals surface area contributed by atoms with Crippen LogP contribution in [0.2, 0.25) is 0 Å². The first-order valence-corrected chi connectivity index (χ1v) is 6.34. The van der Waals surface area contributed by atoms with Crippen LogP contribution in [-0.2, 0) is 13.1 Å². The van der Waals surface area contributed by atoms with Crippen LogP contribution in [0.15, 0.2) is 42.6 Å². The minimum absolute atomic E-state index is 0.610. The molecule has 2 N–H and O–H groups in total. The summed E-state index contributed by atoms with van der Waals surface area (Å²) in [4.78, 5) is 0. The minimum atomic E-state index is 0.610. The standard InChI is InChI=1S/C15H20N2O/c1-13-14(12-16)8-10-17(13)9-5-11-18-15-6-3-2-4-7-15/h2-4,6-8,10H,5,9,11-12,16H2,1H3. The van der Waals surface area contributed by atoms with Gasteiger partial charge in [-0.05, 0) is 37.1 Å². The fourth-order valence-corrected chi connectivity index (χ4v) is 2.00. The van der Waals surface area contributed by atoms with Gasteiger partial charge in [-0.2, -0.15) is 0 Å². The molecule has 18 heavy (non-hydrogen) atoms. The van der Waals surface area contributed by atoms with Crippen LogP contribution in [0, 0.1) is 6.92 Å². The highest BCUT2D eigenvalue weighted by atomic mass is 16.5. The van der Waals surface area contributed by atoms with E-state index in [-0.39, 0.29) is 0 Å². The predicted molar refractivity (Wildman–Crippen MR) is 73.6 cm³/mol. The Hall–Kier alpha value is -1.74. The summed E-state index contributed by atoms with van der Waals surface area (Å²) < 4.78 is 7.90. The Balaban J connectivity index is 1.77. The lowest BCUT2D eigenvalue weighted by atomic mass is 10.2. The maximum absolute atomic E-state index is 5.66. The van der Waals surface area contributed by atoms with E-state index in [0.717, 1.165) is 25.3 Å². The minimum Gasteiger partial charge on any atom is -0.494 e. The first-order valence-electron chi connectivity index (χ1n) is 6.34. The molecular weight excluding hydrogens is 224 g/mol. The van der Waals surface area contributed by atoms with Gasteiger partial charge in [-0.3, -0.25) is 0 Å². The van der Waals surface area contributed by atoms with Crippen molar-refractivity contribution in [2.24, 2.45) is 5.73 Å². The van der Waals surface area contributed by atoms with Gasteiger partial charge in [-0.25, -0.2) is 0 Å². The molecule has 2 aromatic rings. The second kappa shape index (κ2) is 6.26. The van der Waals surface area contributed by atoms with Gasteiger partial charge in [0, 0.05) is 25.0 Å². The number of ether oxygens (including phenoxy) is 1.